The van der Waals surface area contributed by atoms with Gasteiger partial charge in [-0.1, -0.05) is 12.1 Å². The Morgan fingerprint density at radius 2 is 1.81 bits per heavy atom. The number of benzene rings is 2. The lowest BCUT2D eigenvalue weighted by atomic mass is 10.2. The molecule has 0 spiro atoms. The molecule has 2 aromatic rings. The summed E-state index contributed by atoms with van der Waals surface area (Å²) < 4.78 is 29.2. The Hall–Kier alpha value is -3.13. The fourth-order valence-electron chi connectivity index (χ4n) is 2.21. The molecule has 0 heterocycles. The predicted octanol–water partition coefficient (Wildman–Crippen LogP) is 2.23. The van der Waals surface area contributed by atoms with Crippen LogP contribution in [-0.4, -0.2) is 45.8 Å². The number of carbonyl (C=O) groups excluding carboxylic acids is 2. The molecule has 0 aliphatic heterocycles. The van der Waals surface area contributed by atoms with Crippen molar-refractivity contribution in [2.75, 3.05) is 39.3 Å². The zero-order valence-corrected chi connectivity index (χ0v) is 15.1. The maximum absolute atomic E-state index is 13.6. The zero-order chi connectivity index (χ0) is 19.6. The van der Waals surface area contributed by atoms with Gasteiger partial charge in [-0.2, -0.15) is 0 Å². The van der Waals surface area contributed by atoms with Gasteiger partial charge in [0.25, 0.3) is 5.91 Å². The quantitative estimate of drug-likeness (QED) is 0.656. The predicted molar refractivity (Wildman–Crippen MR) is 97.7 cm³/mol. The average Bonchev–Trinajstić information content (AvgIpc) is 2.67. The number of hydrogen-bond acceptors (Lipinski definition) is 5. The number of methoxy groups -OCH3 is 2. The molecule has 0 bridgehead atoms. The summed E-state index contributed by atoms with van der Waals surface area (Å²) in [6, 6.07) is 10.4. The van der Waals surface area contributed by atoms with E-state index in [0.29, 0.717) is 30.4 Å². The van der Waals surface area contributed by atoms with Gasteiger partial charge >= 0.3 is 0 Å². The van der Waals surface area contributed by atoms with Crippen LogP contribution in [0.5, 0.6) is 11.5 Å². The normalized spacial score (nSPS) is 10.2. The molecule has 0 saturated carbocycles. The van der Waals surface area contributed by atoms with E-state index in [1.165, 1.54) is 25.3 Å². The smallest absolute Gasteiger partial charge is 0.254 e. The van der Waals surface area contributed by atoms with Crippen molar-refractivity contribution >= 4 is 17.5 Å². The van der Waals surface area contributed by atoms with E-state index in [1.807, 2.05) is 0 Å². The lowest BCUT2D eigenvalue weighted by Crippen LogP contribution is -2.33. The third-order valence-electron chi connectivity index (χ3n) is 3.52. The number of amides is 2. The highest BCUT2D eigenvalue weighted by Crippen LogP contribution is 2.30. The highest BCUT2D eigenvalue weighted by Gasteiger charge is 2.13. The molecule has 2 rings (SSSR count). The molecule has 144 valence electrons. The Bertz CT molecular complexity index is 797. The number of rotatable bonds is 9. The Morgan fingerprint density at radius 1 is 1.04 bits per heavy atom. The fraction of sp³-hybridized carbons (Fsp3) is 0.263. The molecular weight excluding hydrogens is 355 g/mol. The van der Waals surface area contributed by atoms with Gasteiger partial charge in [-0.25, -0.2) is 4.39 Å². The number of halogens is 1. The molecule has 0 atom stereocenters. The number of carbonyl (C=O) groups is 2. The minimum atomic E-state index is -0.665. The number of nitrogens with one attached hydrogen (secondary N) is 2. The molecule has 0 aliphatic rings. The molecule has 0 radical (unpaired) electrons. The first kappa shape index (κ1) is 20.2. The van der Waals surface area contributed by atoms with Gasteiger partial charge in [0.1, 0.15) is 12.4 Å². The van der Waals surface area contributed by atoms with E-state index >= 15 is 0 Å². The summed E-state index contributed by atoms with van der Waals surface area (Å²) in [7, 11) is 3.07. The molecule has 0 aromatic heterocycles. The van der Waals surface area contributed by atoms with Gasteiger partial charge in [0.05, 0.1) is 25.8 Å². The van der Waals surface area contributed by atoms with Crippen molar-refractivity contribution in [1.29, 1.82) is 0 Å². The Labute approximate surface area is 156 Å². The SMILES string of the molecule is COCCOc1cc(NC(=O)CNC(=O)c2ccccc2F)ccc1OC. The largest absolute Gasteiger partial charge is 0.493 e. The van der Waals surface area contributed by atoms with E-state index in [1.54, 1.807) is 31.4 Å². The van der Waals surface area contributed by atoms with Gasteiger partial charge in [0, 0.05) is 18.9 Å². The summed E-state index contributed by atoms with van der Waals surface area (Å²) in [5.41, 5.74) is 0.344. The van der Waals surface area contributed by atoms with E-state index in [9.17, 15) is 14.0 Å². The van der Waals surface area contributed by atoms with Crippen molar-refractivity contribution in [3.8, 4) is 11.5 Å². The number of ether oxygens (including phenoxy) is 3. The van der Waals surface area contributed by atoms with Crippen LogP contribution in [0.4, 0.5) is 10.1 Å². The van der Waals surface area contributed by atoms with Gasteiger partial charge in [-0.15, -0.1) is 0 Å². The minimum absolute atomic E-state index is 0.122. The van der Waals surface area contributed by atoms with Gasteiger partial charge in [0.15, 0.2) is 11.5 Å². The molecule has 7 nitrogen and oxygen atoms in total. The maximum atomic E-state index is 13.6. The first-order chi connectivity index (χ1) is 13.0. The second-order valence-corrected chi connectivity index (χ2v) is 5.42. The molecule has 0 unspecified atom stereocenters. The summed E-state index contributed by atoms with van der Waals surface area (Å²) in [5, 5.41) is 5.01. The molecule has 8 heteroatoms. The lowest BCUT2D eigenvalue weighted by Gasteiger charge is -2.13. The fourth-order valence-corrected chi connectivity index (χ4v) is 2.21. The molecule has 2 N–H and O–H groups in total. The van der Waals surface area contributed by atoms with E-state index in [-0.39, 0.29) is 12.1 Å². The highest BCUT2D eigenvalue weighted by molar-refractivity contribution is 5.99. The molecule has 0 fully saturated rings. The van der Waals surface area contributed by atoms with E-state index < -0.39 is 17.6 Å². The first-order valence-electron chi connectivity index (χ1n) is 8.17. The lowest BCUT2D eigenvalue weighted by molar-refractivity contribution is -0.115. The summed E-state index contributed by atoms with van der Waals surface area (Å²) in [4.78, 5) is 24.0. The van der Waals surface area contributed by atoms with Crippen molar-refractivity contribution in [3.63, 3.8) is 0 Å². The van der Waals surface area contributed by atoms with Crippen molar-refractivity contribution in [3.05, 3.63) is 53.8 Å². The van der Waals surface area contributed by atoms with E-state index in [0.717, 1.165) is 0 Å². The highest BCUT2D eigenvalue weighted by atomic mass is 19.1. The second-order valence-electron chi connectivity index (χ2n) is 5.42. The Kier molecular flexibility index (Phi) is 7.57. The summed E-state index contributed by atoms with van der Waals surface area (Å²) in [6.45, 7) is 0.420. The van der Waals surface area contributed by atoms with Gasteiger partial charge in [0.2, 0.25) is 5.91 Å². The summed E-state index contributed by atoms with van der Waals surface area (Å²) in [6.07, 6.45) is 0. The van der Waals surface area contributed by atoms with Crippen LogP contribution in [0.25, 0.3) is 0 Å². The minimum Gasteiger partial charge on any atom is -0.493 e. The average molecular weight is 376 g/mol. The van der Waals surface area contributed by atoms with Crippen LogP contribution in [0.1, 0.15) is 10.4 Å². The molecule has 0 saturated heterocycles. The third-order valence-corrected chi connectivity index (χ3v) is 3.52. The molecule has 2 aromatic carbocycles. The van der Waals surface area contributed by atoms with Crippen LogP contribution in [0.2, 0.25) is 0 Å². The molecule has 2 amide bonds. The van der Waals surface area contributed by atoms with Crippen LogP contribution >= 0.6 is 0 Å². The Balaban J connectivity index is 1.94. The van der Waals surface area contributed by atoms with Crippen molar-refractivity contribution in [1.82, 2.24) is 5.32 Å². The third kappa shape index (κ3) is 5.96. The van der Waals surface area contributed by atoms with Crippen LogP contribution in [-0.2, 0) is 9.53 Å². The molecule has 0 aliphatic carbocycles. The van der Waals surface area contributed by atoms with Crippen molar-refractivity contribution in [2.24, 2.45) is 0 Å². The maximum Gasteiger partial charge on any atom is 0.254 e. The number of hydrogen-bond donors (Lipinski definition) is 2. The standard InChI is InChI=1S/C19H21FN2O5/c1-25-9-10-27-17-11-13(7-8-16(17)26-2)22-18(23)12-21-19(24)14-5-3-4-6-15(14)20/h3-8,11H,9-10,12H2,1-2H3,(H,21,24)(H,22,23). The molecular formula is C19H21FN2O5. The Morgan fingerprint density at radius 3 is 2.52 bits per heavy atom. The van der Waals surface area contributed by atoms with Gasteiger partial charge in [-0.05, 0) is 24.3 Å². The van der Waals surface area contributed by atoms with Crippen LogP contribution in [0.15, 0.2) is 42.5 Å². The van der Waals surface area contributed by atoms with Gasteiger partial charge in [-0.3, -0.25) is 9.59 Å². The summed E-state index contributed by atoms with van der Waals surface area (Å²) >= 11 is 0. The topological polar surface area (TPSA) is 85.9 Å². The molecule has 27 heavy (non-hydrogen) atoms. The second kappa shape index (κ2) is 10.1. The summed E-state index contributed by atoms with van der Waals surface area (Å²) in [5.74, 6) is -0.822. The first-order valence-corrected chi connectivity index (χ1v) is 8.17. The van der Waals surface area contributed by atoms with Gasteiger partial charge < -0.3 is 24.8 Å². The van der Waals surface area contributed by atoms with Crippen LogP contribution < -0.4 is 20.1 Å². The van der Waals surface area contributed by atoms with Crippen molar-refractivity contribution < 1.29 is 28.2 Å². The zero-order valence-electron chi connectivity index (χ0n) is 15.1. The van der Waals surface area contributed by atoms with E-state index in [2.05, 4.69) is 10.6 Å². The van der Waals surface area contributed by atoms with Crippen LogP contribution in [0.3, 0.4) is 0 Å². The number of anilines is 1. The monoisotopic (exact) mass is 376 g/mol. The van der Waals surface area contributed by atoms with Crippen molar-refractivity contribution in [2.45, 2.75) is 0 Å². The van der Waals surface area contributed by atoms with E-state index in [4.69, 9.17) is 14.2 Å². The van der Waals surface area contributed by atoms with Crippen LogP contribution in [0, 0.1) is 5.82 Å².